The average Bonchev–Trinajstić information content (AvgIpc) is 3.11. The van der Waals surface area contributed by atoms with Crippen molar-refractivity contribution in [3.05, 3.63) is 76.5 Å². The molecule has 0 unspecified atom stereocenters. The van der Waals surface area contributed by atoms with Crippen LogP contribution in [0.2, 0.25) is 0 Å². The summed E-state index contributed by atoms with van der Waals surface area (Å²) in [6, 6.07) is 14.0. The Morgan fingerprint density at radius 2 is 1.72 bits per heavy atom. The zero-order valence-electron chi connectivity index (χ0n) is 12.7. The SMILES string of the molecule is O=Cc1ccc(-c2ccc(S(=O)(=O)c3ccccc3)c([N+](=O)[O-])c2)o1. The summed E-state index contributed by atoms with van der Waals surface area (Å²) in [5, 5.41) is 11.4. The van der Waals surface area contributed by atoms with Crippen LogP contribution in [0.3, 0.4) is 0 Å². The van der Waals surface area contributed by atoms with Crippen molar-refractivity contribution in [3.8, 4) is 11.3 Å². The summed E-state index contributed by atoms with van der Waals surface area (Å²) in [6.07, 6.45) is 0.506. The van der Waals surface area contributed by atoms with Crippen LogP contribution in [0.5, 0.6) is 0 Å². The normalized spacial score (nSPS) is 11.2. The van der Waals surface area contributed by atoms with Gasteiger partial charge in [-0.1, -0.05) is 18.2 Å². The molecule has 0 saturated carbocycles. The van der Waals surface area contributed by atoms with Crippen LogP contribution in [0.15, 0.2) is 74.9 Å². The van der Waals surface area contributed by atoms with E-state index < -0.39 is 25.3 Å². The second-order valence-corrected chi connectivity index (χ2v) is 6.99. The fraction of sp³-hybridized carbons (Fsp3) is 0. The number of carbonyl (C=O) groups is 1. The minimum atomic E-state index is -4.04. The maximum Gasteiger partial charge on any atom is 0.289 e. The smallest absolute Gasteiger partial charge is 0.289 e. The van der Waals surface area contributed by atoms with E-state index in [4.69, 9.17) is 4.42 Å². The third-order valence-corrected chi connectivity index (χ3v) is 5.34. The van der Waals surface area contributed by atoms with E-state index in [1.807, 2.05) is 0 Å². The zero-order valence-corrected chi connectivity index (χ0v) is 13.5. The van der Waals surface area contributed by atoms with Gasteiger partial charge in [-0.05, 0) is 36.4 Å². The molecule has 0 atom stereocenters. The van der Waals surface area contributed by atoms with Crippen LogP contribution in [0.1, 0.15) is 10.6 Å². The highest BCUT2D eigenvalue weighted by Crippen LogP contribution is 2.33. The van der Waals surface area contributed by atoms with Crippen molar-refractivity contribution in [2.75, 3.05) is 0 Å². The maximum absolute atomic E-state index is 12.7. The van der Waals surface area contributed by atoms with E-state index in [9.17, 15) is 23.3 Å². The van der Waals surface area contributed by atoms with Crippen LogP contribution in [-0.4, -0.2) is 19.6 Å². The van der Waals surface area contributed by atoms with E-state index in [1.165, 1.54) is 48.5 Å². The van der Waals surface area contributed by atoms with Crippen molar-refractivity contribution in [2.24, 2.45) is 0 Å². The number of furan rings is 1. The summed E-state index contributed by atoms with van der Waals surface area (Å²) in [7, 11) is -4.04. The first-order valence-corrected chi connectivity index (χ1v) is 8.56. The van der Waals surface area contributed by atoms with Gasteiger partial charge in [-0.2, -0.15) is 0 Å². The average molecular weight is 357 g/mol. The second kappa shape index (κ2) is 6.33. The summed E-state index contributed by atoms with van der Waals surface area (Å²) in [5.41, 5.74) is -0.266. The van der Waals surface area contributed by atoms with Gasteiger partial charge >= 0.3 is 0 Å². The Hall–Kier alpha value is -3.26. The molecule has 0 spiro atoms. The summed E-state index contributed by atoms with van der Waals surface area (Å²) in [4.78, 5) is 20.9. The lowest BCUT2D eigenvalue weighted by Gasteiger charge is -2.07. The number of aldehydes is 1. The molecule has 3 aromatic rings. The molecule has 0 radical (unpaired) electrons. The molecule has 8 heteroatoms. The molecule has 0 amide bonds. The predicted octanol–water partition coefficient (Wildman–Crippen LogP) is 3.50. The lowest BCUT2D eigenvalue weighted by molar-refractivity contribution is -0.387. The van der Waals surface area contributed by atoms with Crippen molar-refractivity contribution in [1.82, 2.24) is 0 Å². The number of benzene rings is 2. The standard InChI is InChI=1S/C17H11NO6S/c19-11-13-7-8-16(24-13)12-6-9-17(15(10-12)18(20)21)25(22,23)14-4-2-1-3-5-14/h1-11H. The van der Waals surface area contributed by atoms with Crippen LogP contribution in [0.4, 0.5) is 5.69 Å². The summed E-state index contributed by atoms with van der Waals surface area (Å²) >= 11 is 0. The number of nitro benzene ring substituents is 1. The van der Waals surface area contributed by atoms with Gasteiger partial charge < -0.3 is 4.42 Å². The van der Waals surface area contributed by atoms with Crippen molar-refractivity contribution >= 4 is 21.8 Å². The number of hydrogen-bond acceptors (Lipinski definition) is 6. The summed E-state index contributed by atoms with van der Waals surface area (Å²) in [6.45, 7) is 0. The van der Waals surface area contributed by atoms with Crippen molar-refractivity contribution < 1.29 is 22.6 Å². The van der Waals surface area contributed by atoms with Gasteiger partial charge in [0.05, 0.1) is 9.82 Å². The first-order chi connectivity index (χ1) is 11.9. The van der Waals surface area contributed by atoms with Gasteiger partial charge in [-0.3, -0.25) is 14.9 Å². The topological polar surface area (TPSA) is 107 Å². The Balaban J connectivity index is 2.15. The van der Waals surface area contributed by atoms with Gasteiger partial charge in [0, 0.05) is 11.6 Å². The van der Waals surface area contributed by atoms with Crippen molar-refractivity contribution in [1.29, 1.82) is 0 Å². The number of sulfone groups is 1. The largest absolute Gasteiger partial charge is 0.453 e. The Bertz CT molecular complexity index is 1050. The second-order valence-electron chi connectivity index (χ2n) is 5.08. The number of rotatable bonds is 5. The molecule has 1 heterocycles. The Morgan fingerprint density at radius 3 is 2.32 bits per heavy atom. The summed E-state index contributed by atoms with van der Waals surface area (Å²) < 4.78 is 30.6. The third-order valence-electron chi connectivity index (χ3n) is 3.53. The molecule has 1 aromatic heterocycles. The third kappa shape index (κ3) is 3.07. The van der Waals surface area contributed by atoms with Gasteiger partial charge in [-0.15, -0.1) is 0 Å². The molecule has 0 N–H and O–H groups in total. The van der Waals surface area contributed by atoms with E-state index in [0.29, 0.717) is 11.8 Å². The lowest BCUT2D eigenvalue weighted by atomic mass is 10.1. The maximum atomic E-state index is 12.7. The predicted molar refractivity (Wildman–Crippen MR) is 88.1 cm³/mol. The molecule has 0 aliphatic heterocycles. The van der Waals surface area contributed by atoms with Crippen LogP contribution in [0, 0.1) is 10.1 Å². The highest BCUT2D eigenvalue weighted by atomic mass is 32.2. The van der Waals surface area contributed by atoms with Gasteiger partial charge in [0.2, 0.25) is 9.84 Å². The first kappa shape index (κ1) is 16.6. The van der Waals surface area contributed by atoms with Crippen LogP contribution in [0.25, 0.3) is 11.3 Å². The Morgan fingerprint density at radius 1 is 1.00 bits per heavy atom. The lowest BCUT2D eigenvalue weighted by Crippen LogP contribution is -2.05. The van der Waals surface area contributed by atoms with E-state index in [1.54, 1.807) is 6.07 Å². The molecule has 0 saturated heterocycles. The quantitative estimate of drug-likeness (QED) is 0.393. The summed E-state index contributed by atoms with van der Waals surface area (Å²) in [5.74, 6) is 0.299. The molecule has 25 heavy (non-hydrogen) atoms. The minimum absolute atomic E-state index is 0.0351. The number of nitro groups is 1. The van der Waals surface area contributed by atoms with E-state index in [-0.39, 0.29) is 16.4 Å². The van der Waals surface area contributed by atoms with Gasteiger partial charge in [0.15, 0.2) is 12.0 Å². The highest BCUT2D eigenvalue weighted by Gasteiger charge is 2.28. The van der Waals surface area contributed by atoms with Crippen LogP contribution in [-0.2, 0) is 9.84 Å². The number of carbonyl (C=O) groups excluding carboxylic acids is 1. The minimum Gasteiger partial charge on any atom is -0.453 e. The molecule has 7 nitrogen and oxygen atoms in total. The molecule has 2 aromatic carbocycles. The van der Waals surface area contributed by atoms with E-state index in [2.05, 4.69) is 0 Å². The zero-order chi connectivity index (χ0) is 18.0. The van der Waals surface area contributed by atoms with Crippen LogP contribution >= 0.6 is 0 Å². The van der Waals surface area contributed by atoms with Gasteiger partial charge in [0.1, 0.15) is 10.7 Å². The van der Waals surface area contributed by atoms with E-state index in [0.717, 1.165) is 6.07 Å². The number of hydrogen-bond donors (Lipinski definition) is 0. The highest BCUT2D eigenvalue weighted by molar-refractivity contribution is 7.91. The molecule has 0 aliphatic rings. The van der Waals surface area contributed by atoms with Gasteiger partial charge in [-0.25, -0.2) is 8.42 Å². The van der Waals surface area contributed by atoms with Crippen LogP contribution < -0.4 is 0 Å². The Labute approximate surface area is 142 Å². The molecule has 0 bridgehead atoms. The van der Waals surface area contributed by atoms with Crippen molar-refractivity contribution in [3.63, 3.8) is 0 Å². The monoisotopic (exact) mass is 357 g/mol. The molecule has 0 aliphatic carbocycles. The molecule has 3 rings (SSSR count). The molecular formula is C17H11NO6S. The first-order valence-electron chi connectivity index (χ1n) is 7.07. The molecule has 126 valence electrons. The van der Waals surface area contributed by atoms with Crippen molar-refractivity contribution in [2.45, 2.75) is 9.79 Å². The number of nitrogens with zero attached hydrogens (tertiary/aromatic N) is 1. The molecular weight excluding hydrogens is 346 g/mol. The Kier molecular flexibility index (Phi) is 4.20. The fourth-order valence-corrected chi connectivity index (χ4v) is 3.76. The van der Waals surface area contributed by atoms with E-state index >= 15 is 0 Å². The van der Waals surface area contributed by atoms with Gasteiger partial charge in [0.25, 0.3) is 5.69 Å². The fourth-order valence-electron chi connectivity index (χ4n) is 2.34. The molecule has 0 fully saturated rings.